The standard InChI is InChI=1S/C18H24N4O3/c1-12(2)17-21-18(25-22-17)16(14-5-8-24-9-6-14)20-15(23)10-13-4-3-7-19-11-13/h3-4,7,11-12,14,16H,5-6,8-10H2,1-2H3,(H,20,23)/t16-/m1/s1. The van der Waals surface area contributed by atoms with Crippen molar-refractivity contribution in [3.8, 4) is 0 Å². The van der Waals surface area contributed by atoms with Crippen molar-refractivity contribution in [3.05, 3.63) is 41.8 Å². The van der Waals surface area contributed by atoms with Crippen molar-refractivity contribution in [2.45, 2.75) is 45.1 Å². The van der Waals surface area contributed by atoms with Crippen molar-refractivity contribution < 1.29 is 14.1 Å². The topological polar surface area (TPSA) is 90.1 Å². The summed E-state index contributed by atoms with van der Waals surface area (Å²) >= 11 is 0. The number of nitrogens with one attached hydrogen (secondary N) is 1. The van der Waals surface area contributed by atoms with E-state index in [0.717, 1.165) is 18.4 Å². The van der Waals surface area contributed by atoms with E-state index in [1.54, 1.807) is 12.4 Å². The first-order valence-corrected chi connectivity index (χ1v) is 8.73. The third-order valence-corrected chi connectivity index (χ3v) is 4.38. The van der Waals surface area contributed by atoms with E-state index in [1.807, 2.05) is 26.0 Å². The monoisotopic (exact) mass is 344 g/mol. The lowest BCUT2D eigenvalue weighted by Gasteiger charge is -2.28. The molecular formula is C18H24N4O3. The Bertz CT molecular complexity index is 681. The maximum Gasteiger partial charge on any atom is 0.249 e. The molecule has 7 heteroatoms. The summed E-state index contributed by atoms with van der Waals surface area (Å²) in [6, 6.07) is 3.43. The summed E-state index contributed by atoms with van der Waals surface area (Å²) in [5.74, 6) is 1.48. The number of ether oxygens (including phenoxy) is 1. The lowest BCUT2D eigenvalue weighted by Crippen LogP contribution is -2.37. The van der Waals surface area contributed by atoms with E-state index in [0.29, 0.717) is 24.9 Å². The van der Waals surface area contributed by atoms with Crippen molar-refractivity contribution in [3.63, 3.8) is 0 Å². The minimum absolute atomic E-state index is 0.0752. The summed E-state index contributed by atoms with van der Waals surface area (Å²) in [6.07, 6.45) is 5.39. The van der Waals surface area contributed by atoms with Gasteiger partial charge in [-0.3, -0.25) is 9.78 Å². The molecule has 1 amide bonds. The predicted octanol–water partition coefficient (Wildman–Crippen LogP) is 2.41. The van der Waals surface area contributed by atoms with Crippen LogP contribution >= 0.6 is 0 Å². The minimum Gasteiger partial charge on any atom is -0.381 e. The molecule has 1 aliphatic rings. The van der Waals surface area contributed by atoms with E-state index in [4.69, 9.17) is 9.26 Å². The first-order chi connectivity index (χ1) is 12.1. The highest BCUT2D eigenvalue weighted by molar-refractivity contribution is 5.78. The Morgan fingerprint density at radius 2 is 2.16 bits per heavy atom. The summed E-state index contributed by atoms with van der Waals surface area (Å²) < 4.78 is 10.9. The largest absolute Gasteiger partial charge is 0.381 e. The van der Waals surface area contributed by atoms with Crippen LogP contribution in [0.5, 0.6) is 0 Å². The molecule has 3 heterocycles. The number of amides is 1. The van der Waals surface area contributed by atoms with Gasteiger partial charge in [0.05, 0.1) is 6.42 Å². The zero-order valence-corrected chi connectivity index (χ0v) is 14.6. The summed E-state index contributed by atoms with van der Waals surface area (Å²) in [5.41, 5.74) is 0.874. The Kier molecular flexibility index (Phi) is 5.75. The Morgan fingerprint density at radius 1 is 1.36 bits per heavy atom. The first kappa shape index (κ1) is 17.5. The number of pyridine rings is 1. The molecule has 0 saturated carbocycles. The van der Waals surface area contributed by atoms with Gasteiger partial charge in [-0.15, -0.1) is 0 Å². The van der Waals surface area contributed by atoms with Gasteiger partial charge in [-0.25, -0.2) is 0 Å². The molecule has 2 aromatic heterocycles. The lowest BCUT2D eigenvalue weighted by atomic mass is 9.91. The number of hydrogen-bond donors (Lipinski definition) is 1. The Morgan fingerprint density at radius 3 is 2.80 bits per heavy atom. The smallest absolute Gasteiger partial charge is 0.249 e. The molecule has 7 nitrogen and oxygen atoms in total. The second-order valence-electron chi connectivity index (χ2n) is 6.68. The number of hydrogen-bond acceptors (Lipinski definition) is 6. The molecule has 1 fully saturated rings. The predicted molar refractivity (Wildman–Crippen MR) is 90.8 cm³/mol. The Hall–Kier alpha value is -2.28. The van der Waals surface area contributed by atoms with Crippen molar-refractivity contribution >= 4 is 5.91 Å². The van der Waals surface area contributed by atoms with E-state index >= 15 is 0 Å². The van der Waals surface area contributed by atoms with E-state index in [-0.39, 0.29) is 30.2 Å². The third-order valence-electron chi connectivity index (χ3n) is 4.38. The maximum atomic E-state index is 12.5. The Labute approximate surface area is 147 Å². The lowest BCUT2D eigenvalue weighted by molar-refractivity contribution is -0.122. The molecule has 0 aromatic carbocycles. The molecular weight excluding hydrogens is 320 g/mol. The zero-order valence-electron chi connectivity index (χ0n) is 14.6. The number of aromatic nitrogens is 3. The summed E-state index contributed by atoms with van der Waals surface area (Å²) in [6.45, 7) is 5.40. The average Bonchev–Trinajstić information content (AvgIpc) is 3.11. The highest BCUT2D eigenvalue weighted by atomic mass is 16.5. The van der Waals surface area contributed by atoms with Crippen LogP contribution < -0.4 is 5.32 Å². The van der Waals surface area contributed by atoms with Gasteiger partial charge in [-0.05, 0) is 30.4 Å². The maximum absolute atomic E-state index is 12.5. The summed E-state index contributed by atoms with van der Waals surface area (Å²) in [4.78, 5) is 21.1. The fourth-order valence-electron chi connectivity index (χ4n) is 2.95. The summed E-state index contributed by atoms with van der Waals surface area (Å²) in [5, 5.41) is 7.13. The molecule has 0 spiro atoms. The number of rotatable bonds is 6. The normalized spacial score (nSPS) is 16.8. The van der Waals surface area contributed by atoms with E-state index in [2.05, 4.69) is 20.4 Å². The van der Waals surface area contributed by atoms with Crippen LogP contribution in [0.2, 0.25) is 0 Å². The van der Waals surface area contributed by atoms with Crippen molar-refractivity contribution in [2.75, 3.05) is 13.2 Å². The molecule has 1 atom stereocenters. The van der Waals surface area contributed by atoms with E-state index in [1.165, 1.54) is 0 Å². The fraction of sp³-hybridized carbons (Fsp3) is 0.556. The van der Waals surface area contributed by atoms with Gasteiger partial charge < -0.3 is 14.6 Å². The van der Waals surface area contributed by atoms with Gasteiger partial charge in [0.1, 0.15) is 6.04 Å². The number of nitrogens with zero attached hydrogens (tertiary/aromatic N) is 3. The molecule has 1 N–H and O–H groups in total. The zero-order chi connectivity index (χ0) is 17.6. The van der Waals surface area contributed by atoms with Crippen LogP contribution in [0.4, 0.5) is 0 Å². The Balaban J connectivity index is 1.74. The van der Waals surface area contributed by atoms with Gasteiger partial charge in [0.15, 0.2) is 5.82 Å². The second-order valence-corrected chi connectivity index (χ2v) is 6.68. The van der Waals surface area contributed by atoms with Crippen molar-refractivity contribution in [1.29, 1.82) is 0 Å². The van der Waals surface area contributed by atoms with Crippen LogP contribution in [0.3, 0.4) is 0 Å². The quantitative estimate of drug-likeness (QED) is 0.865. The van der Waals surface area contributed by atoms with Crippen LogP contribution in [0, 0.1) is 5.92 Å². The number of carbonyl (C=O) groups is 1. The molecule has 0 radical (unpaired) electrons. The molecule has 0 bridgehead atoms. The second kappa shape index (κ2) is 8.20. The van der Waals surface area contributed by atoms with Gasteiger partial charge in [0.2, 0.25) is 11.8 Å². The molecule has 1 aliphatic heterocycles. The van der Waals surface area contributed by atoms with Gasteiger partial charge in [0, 0.05) is 31.5 Å². The molecule has 0 unspecified atom stereocenters. The van der Waals surface area contributed by atoms with Crippen LogP contribution in [0.15, 0.2) is 29.0 Å². The molecule has 2 aromatic rings. The third kappa shape index (κ3) is 4.63. The van der Waals surface area contributed by atoms with Crippen molar-refractivity contribution in [1.82, 2.24) is 20.4 Å². The average molecular weight is 344 g/mol. The fourth-order valence-corrected chi connectivity index (χ4v) is 2.95. The van der Waals surface area contributed by atoms with Gasteiger partial charge in [-0.1, -0.05) is 25.1 Å². The number of carbonyl (C=O) groups excluding carboxylic acids is 1. The van der Waals surface area contributed by atoms with E-state index in [9.17, 15) is 4.79 Å². The van der Waals surface area contributed by atoms with Crippen LogP contribution in [-0.4, -0.2) is 34.2 Å². The molecule has 134 valence electrons. The highest BCUT2D eigenvalue weighted by Gasteiger charge is 2.31. The van der Waals surface area contributed by atoms with Gasteiger partial charge in [0.25, 0.3) is 0 Å². The van der Waals surface area contributed by atoms with Gasteiger partial charge >= 0.3 is 0 Å². The summed E-state index contributed by atoms with van der Waals surface area (Å²) in [7, 11) is 0. The van der Waals surface area contributed by atoms with E-state index < -0.39 is 0 Å². The SMILES string of the molecule is CC(C)c1noc([C@H](NC(=O)Cc2cccnc2)C2CCOCC2)n1. The first-order valence-electron chi connectivity index (χ1n) is 8.73. The molecule has 1 saturated heterocycles. The highest BCUT2D eigenvalue weighted by Crippen LogP contribution is 2.30. The molecule has 25 heavy (non-hydrogen) atoms. The van der Waals surface area contributed by atoms with Crippen LogP contribution in [0.25, 0.3) is 0 Å². The molecule has 0 aliphatic carbocycles. The van der Waals surface area contributed by atoms with Crippen LogP contribution in [0.1, 0.15) is 55.9 Å². The van der Waals surface area contributed by atoms with Crippen molar-refractivity contribution in [2.24, 2.45) is 5.92 Å². The minimum atomic E-state index is -0.284. The molecule has 3 rings (SSSR count). The van der Waals surface area contributed by atoms with Crippen LogP contribution in [-0.2, 0) is 16.0 Å². The van der Waals surface area contributed by atoms with Gasteiger partial charge in [-0.2, -0.15) is 4.98 Å².